The molecule has 4 N–H and O–H groups in total. The van der Waals surface area contributed by atoms with Gasteiger partial charge in [0.1, 0.15) is 24.3 Å². The van der Waals surface area contributed by atoms with E-state index in [2.05, 4.69) is 25.8 Å². The zero-order chi connectivity index (χ0) is 25.5. The number of rotatable bonds is 10. The highest BCUT2D eigenvalue weighted by Gasteiger charge is 2.29. The van der Waals surface area contributed by atoms with Crippen molar-refractivity contribution in [3.8, 4) is 17.1 Å². The fraction of sp³-hybridized carbons (Fsp3) is 0.276. The van der Waals surface area contributed by atoms with Gasteiger partial charge in [-0.25, -0.2) is 4.98 Å². The highest BCUT2D eigenvalue weighted by atomic mass is 16.5. The number of carbonyl (C=O) groups is 1. The molecule has 0 aliphatic carbocycles. The van der Waals surface area contributed by atoms with E-state index < -0.39 is 6.10 Å². The maximum Gasteiger partial charge on any atom is 0.232 e. The molecule has 4 aromatic rings. The van der Waals surface area contributed by atoms with E-state index in [4.69, 9.17) is 4.74 Å². The lowest BCUT2D eigenvalue weighted by molar-refractivity contribution is -0.115. The zero-order valence-corrected chi connectivity index (χ0v) is 20.5. The molecule has 37 heavy (non-hydrogen) atoms. The molecular weight excluding hydrogens is 466 g/mol. The first-order valence-electron chi connectivity index (χ1n) is 12.6. The van der Waals surface area contributed by atoms with Gasteiger partial charge < -0.3 is 20.5 Å². The molecule has 1 aliphatic rings. The van der Waals surface area contributed by atoms with Gasteiger partial charge in [-0.2, -0.15) is 5.10 Å². The number of anilines is 1. The third-order valence-electron chi connectivity index (χ3n) is 6.52. The van der Waals surface area contributed by atoms with Gasteiger partial charge in [0.05, 0.1) is 6.42 Å². The van der Waals surface area contributed by atoms with Crippen LogP contribution < -0.4 is 15.4 Å². The minimum Gasteiger partial charge on any atom is -0.491 e. The number of ether oxygens (including phenoxy) is 1. The van der Waals surface area contributed by atoms with E-state index in [0.717, 1.165) is 36.3 Å². The van der Waals surface area contributed by atoms with Crippen LogP contribution in [-0.2, 0) is 17.6 Å². The van der Waals surface area contributed by atoms with Gasteiger partial charge in [-0.15, -0.1) is 0 Å². The maximum atomic E-state index is 12.5. The number of hydrogen-bond acceptors (Lipinski definition) is 6. The van der Waals surface area contributed by atoms with Gasteiger partial charge in [-0.05, 0) is 49.1 Å². The number of hydrogen-bond donors (Lipinski definition) is 4. The van der Waals surface area contributed by atoms with Crippen molar-refractivity contribution >= 4 is 11.6 Å². The van der Waals surface area contributed by atoms with Crippen molar-refractivity contribution in [1.29, 1.82) is 0 Å². The lowest BCUT2D eigenvalue weighted by Crippen LogP contribution is -2.42. The quantitative estimate of drug-likeness (QED) is 0.266. The molecule has 3 aromatic carbocycles. The molecule has 8 nitrogen and oxygen atoms in total. The molecule has 2 heterocycles. The van der Waals surface area contributed by atoms with Gasteiger partial charge in [-0.3, -0.25) is 9.89 Å². The number of aliphatic hydroxyl groups excluding tert-OH is 1. The van der Waals surface area contributed by atoms with E-state index in [1.54, 1.807) is 0 Å². The first-order valence-corrected chi connectivity index (χ1v) is 12.6. The fourth-order valence-corrected chi connectivity index (χ4v) is 4.59. The topological polar surface area (TPSA) is 112 Å². The average Bonchev–Trinajstić information content (AvgIpc) is 3.59. The number of carbonyl (C=O) groups excluding carboxylic acids is 1. The molecule has 0 bridgehead atoms. The standard InChI is InChI=1S/C29H31N5O3/c35-26(19-37-24-9-5-2-6-10-24)25-16-15-23(30-25)17-20-11-13-22(14-12-20)31-28(36)18-27-32-29(34-33-27)21-7-3-1-4-8-21/h1-14,23,25-26,30,35H,15-19H2,(H,31,36)(H,32,33,34)/t23-,25+,26+/m0/s1. The second-order valence-electron chi connectivity index (χ2n) is 9.34. The number of amides is 1. The highest BCUT2D eigenvalue weighted by Crippen LogP contribution is 2.21. The van der Waals surface area contributed by atoms with E-state index in [0.29, 0.717) is 17.7 Å². The van der Waals surface area contributed by atoms with Crippen molar-refractivity contribution in [2.75, 3.05) is 11.9 Å². The summed E-state index contributed by atoms with van der Waals surface area (Å²) in [7, 11) is 0. The van der Waals surface area contributed by atoms with Crippen molar-refractivity contribution < 1.29 is 14.6 Å². The monoisotopic (exact) mass is 497 g/mol. The maximum absolute atomic E-state index is 12.5. The molecule has 0 spiro atoms. The molecule has 8 heteroatoms. The van der Waals surface area contributed by atoms with Gasteiger partial charge >= 0.3 is 0 Å². The zero-order valence-electron chi connectivity index (χ0n) is 20.5. The van der Waals surface area contributed by atoms with Crippen molar-refractivity contribution in [3.63, 3.8) is 0 Å². The lowest BCUT2D eigenvalue weighted by Gasteiger charge is -2.20. The molecule has 1 fully saturated rings. The molecule has 1 aromatic heterocycles. The largest absolute Gasteiger partial charge is 0.491 e. The van der Waals surface area contributed by atoms with Crippen LogP contribution in [-0.4, -0.2) is 51.0 Å². The normalized spacial score (nSPS) is 17.9. The molecule has 1 aliphatic heterocycles. The molecular formula is C29H31N5O3. The Balaban J connectivity index is 1.06. The average molecular weight is 498 g/mol. The first kappa shape index (κ1) is 24.7. The van der Waals surface area contributed by atoms with Crippen LogP contribution in [0.25, 0.3) is 11.4 Å². The van der Waals surface area contributed by atoms with Crippen molar-refractivity contribution in [2.24, 2.45) is 0 Å². The van der Waals surface area contributed by atoms with Crippen LogP contribution in [0.1, 0.15) is 24.2 Å². The SMILES string of the molecule is O=C(Cc1nc(-c2ccccc2)n[nH]1)Nc1ccc(C[C@@H]2CC[C@H]([C@H](O)COc3ccccc3)N2)cc1. The Morgan fingerprint density at radius 1 is 1.00 bits per heavy atom. The summed E-state index contributed by atoms with van der Waals surface area (Å²) in [6, 6.07) is 27.4. The third-order valence-corrected chi connectivity index (χ3v) is 6.52. The Hall–Kier alpha value is -4.01. The molecule has 1 amide bonds. The van der Waals surface area contributed by atoms with Crippen molar-refractivity contribution in [1.82, 2.24) is 20.5 Å². The minimum atomic E-state index is -0.559. The molecule has 0 unspecified atom stereocenters. The summed E-state index contributed by atoms with van der Waals surface area (Å²) in [5, 5.41) is 24.1. The molecule has 1 saturated heterocycles. The van der Waals surface area contributed by atoms with Gasteiger partial charge in [0.2, 0.25) is 5.91 Å². The van der Waals surface area contributed by atoms with E-state index in [9.17, 15) is 9.90 Å². The summed E-state index contributed by atoms with van der Waals surface area (Å²) < 4.78 is 5.70. The number of aliphatic hydroxyl groups is 1. The number of H-pyrrole nitrogens is 1. The Labute approximate surface area is 216 Å². The van der Waals surface area contributed by atoms with E-state index in [1.807, 2.05) is 84.9 Å². The van der Waals surface area contributed by atoms with Crippen LogP contribution in [0, 0.1) is 0 Å². The van der Waals surface area contributed by atoms with Crippen LogP contribution in [0.15, 0.2) is 84.9 Å². The molecule has 0 saturated carbocycles. The minimum absolute atomic E-state index is 0.0192. The van der Waals surface area contributed by atoms with E-state index >= 15 is 0 Å². The van der Waals surface area contributed by atoms with Crippen LogP contribution >= 0.6 is 0 Å². The van der Waals surface area contributed by atoms with Gasteiger partial charge in [0.25, 0.3) is 0 Å². The summed E-state index contributed by atoms with van der Waals surface area (Å²) in [6.07, 6.45) is 2.32. The Kier molecular flexibility index (Phi) is 7.88. The summed E-state index contributed by atoms with van der Waals surface area (Å²) >= 11 is 0. The van der Waals surface area contributed by atoms with Gasteiger partial charge in [-0.1, -0.05) is 60.7 Å². The van der Waals surface area contributed by atoms with Crippen LogP contribution in [0.5, 0.6) is 5.75 Å². The summed E-state index contributed by atoms with van der Waals surface area (Å²) in [6.45, 7) is 0.268. The molecule has 190 valence electrons. The number of aromatic nitrogens is 3. The predicted molar refractivity (Wildman–Crippen MR) is 142 cm³/mol. The second kappa shape index (κ2) is 11.8. The Morgan fingerprint density at radius 2 is 1.73 bits per heavy atom. The van der Waals surface area contributed by atoms with Crippen molar-refractivity contribution in [3.05, 3.63) is 96.3 Å². The predicted octanol–water partition coefficient (Wildman–Crippen LogP) is 3.76. The molecule has 0 radical (unpaired) electrons. The third kappa shape index (κ3) is 6.81. The highest BCUT2D eigenvalue weighted by molar-refractivity contribution is 5.91. The summed E-state index contributed by atoms with van der Waals surface area (Å²) in [4.78, 5) is 16.9. The van der Waals surface area contributed by atoms with Gasteiger partial charge in [0, 0.05) is 23.3 Å². The van der Waals surface area contributed by atoms with E-state index in [-0.39, 0.29) is 25.0 Å². The number of aromatic amines is 1. The molecule has 3 atom stereocenters. The number of benzene rings is 3. The second-order valence-corrected chi connectivity index (χ2v) is 9.34. The number of nitrogens with zero attached hydrogens (tertiary/aromatic N) is 2. The molecule has 5 rings (SSSR count). The smallest absolute Gasteiger partial charge is 0.232 e. The van der Waals surface area contributed by atoms with Crippen molar-refractivity contribution in [2.45, 2.75) is 43.9 Å². The Morgan fingerprint density at radius 3 is 2.49 bits per heavy atom. The lowest BCUT2D eigenvalue weighted by atomic mass is 10.0. The van der Waals surface area contributed by atoms with Crippen LogP contribution in [0.2, 0.25) is 0 Å². The number of nitrogens with one attached hydrogen (secondary N) is 3. The fourth-order valence-electron chi connectivity index (χ4n) is 4.59. The Bertz CT molecular complexity index is 1280. The number of para-hydroxylation sites is 1. The summed E-state index contributed by atoms with van der Waals surface area (Å²) in [5.41, 5.74) is 2.82. The van der Waals surface area contributed by atoms with Crippen LogP contribution in [0.4, 0.5) is 5.69 Å². The van der Waals surface area contributed by atoms with Crippen LogP contribution in [0.3, 0.4) is 0 Å². The summed E-state index contributed by atoms with van der Waals surface area (Å²) in [5.74, 6) is 1.70. The first-order chi connectivity index (χ1) is 18.1. The van der Waals surface area contributed by atoms with E-state index in [1.165, 1.54) is 5.56 Å². The van der Waals surface area contributed by atoms with Gasteiger partial charge in [0.15, 0.2) is 5.82 Å².